The summed E-state index contributed by atoms with van der Waals surface area (Å²) in [5, 5.41) is 2.25. The summed E-state index contributed by atoms with van der Waals surface area (Å²) in [6.45, 7) is 2.11. The first-order valence-electron chi connectivity index (χ1n) is 8.47. The highest BCUT2D eigenvalue weighted by atomic mass is 127. The Bertz CT molecular complexity index is 656. The van der Waals surface area contributed by atoms with Crippen molar-refractivity contribution >= 4 is 39.3 Å². The number of benzene rings is 2. The van der Waals surface area contributed by atoms with Crippen molar-refractivity contribution in [2.45, 2.75) is 44.8 Å². The molecular weight excluding hydrogens is 415 g/mol. The van der Waals surface area contributed by atoms with Crippen LogP contribution in [0, 0.1) is 0 Å². The highest BCUT2D eigenvalue weighted by Crippen LogP contribution is 2.25. The average Bonchev–Trinajstić information content (AvgIpc) is 2.60. The van der Waals surface area contributed by atoms with E-state index in [0.29, 0.717) is 0 Å². The second kappa shape index (κ2) is 9.99. The summed E-state index contributed by atoms with van der Waals surface area (Å²) in [6.07, 6.45) is 3.19. The molecule has 3 nitrogen and oxygen atoms in total. The summed E-state index contributed by atoms with van der Waals surface area (Å²) in [5.41, 5.74) is 0.838. The van der Waals surface area contributed by atoms with Gasteiger partial charge in [-0.25, -0.2) is 4.79 Å². The van der Waals surface area contributed by atoms with Crippen LogP contribution in [0.25, 0.3) is 10.8 Å². The molecule has 0 aliphatic heterocycles. The first-order chi connectivity index (χ1) is 11.7. The van der Waals surface area contributed by atoms with E-state index in [1.165, 1.54) is 0 Å². The van der Waals surface area contributed by atoms with E-state index in [1.54, 1.807) is 7.11 Å². The van der Waals surface area contributed by atoms with Crippen molar-refractivity contribution in [3.05, 3.63) is 48.0 Å². The monoisotopic (exact) mass is 440 g/mol. The minimum Gasteiger partial charge on any atom is -0.460 e. The molecule has 2 unspecified atom stereocenters. The molecule has 0 saturated heterocycles. The number of fused-ring (bicyclic) bond motifs is 1. The Kier molecular flexibility index (Phi) is 7.99. The minimum absolute atomic E-state index is 0.0182. The van der Waals surface area contributed by atoms with Crippen LogP contribution < -0.4 is 0 Å². The Labute approximate surface area is 157 Å². The van der Waals surface area contributed by atoms with Gasteiger partial charge in [-0.2, -0.15) is 0 Å². The SMILES string of the molecule is CCCC(CCCI)OC(=O)C(OC)c1ccc2ccccc2c1. The second-order valence-corrected chi connectivity index (χ2v) is 6.98. The zero-order valence-corrected chi connectivity index (χ0v) is 16.5. The lowest BCUT2D eigenvalue weighted by Crippen LogP contribution is -2.24. The third-order valence-corrected chi connectivity index (χ3v) is 4.84. The number of ether oxygens (including phenoxy) is 2. The van der Waals surface area contributed by atoms with Gasteiger partial charge in [0.05, 0.1) is 0 Å². The minimum atomic E-state index is -0.673. The number of hydrogen-bond donors (Lipinski definition) is 0. The van der Waals surface area contributed by atoms with Crippen LogP contribution in [0.3, 0.4) is 0 Å². The molecule has 0 aromatic heterocycles. The van der Waals surface area contributed by atoms with E-state index in [-0.39, 0.29) is 12.1 Å². The van der Waals surface area contributed by atoms with Crippen LogP contribution in [0.2, 0.25) is 0 Å². The van der Waals surface area contributed by atoms with Gasteiger partial charge in [0.1, 0.15) is 6.10 Å². The van der Waals surface area contributed by atoms with Gasteiger partial charge >= 0.3 is 5.97 Å². The Balaban J connectivity index is 2.13. The molecule has 2 aromatic rings. The van der Waals surface area contributed by atoms with E-state index >= 15 is 0 Å². The van der Waals surface area contributed by atoms with Crippen molar-refractivity contribution in [3.8, 4) is 0 Å². The second-order valence-electron chi connectivity index (χ2n) is 5.90. The van der Waals surface area contributed by atoms with Crippen molar-refractivity contribution in [2.75, 3.05) is 11.5 Å². The molecular formula is C20H25IO3. The number of carbonyl (C=O) groups excluding carboxylic acids is 1. The topological polar surface area (TPSA) is 35.5 Å². The Morgan fingerprint density at radius 1 is 1.12 bits per heavy atom. The largest absolute Gasteiger partial charge is 0.460 e. The highest BCUT2D eigenvalue weighted by Gasteiger charge is 2.25. The standard InChI is InChI=1S/C20H25IO3/c1-3-7-18(10-6-13-21)24-20(22)19(23-2)17-12-11-15-8-4-5-9-16(15)14-17/h4-5,8-9,11-12,14,18-19H,3,6-7,10,13H2,1-2H3. The maximum atomic E-state index is 12.6. The lowest BCUT2D eigenvalue weighted by atomic mass is 10.0. The molecule has 130 valence electrons. The zero-order valence-electron chi connectivity index (χ0n) is 14.3. The molecule has 2 atom stereocenters. The summed E-state index contributed by atoms with van der Waals surface area (Å²) >= 11 is 2.36. The predicted molar refractivity (Wildman–Crippen MR) is 107 cm³/mol. The molecule has 0 radical (unpaired) electrons. The molecule has 0 aliphatic carbocycles. The summed E-state index contributed by atoms with van der Waals surface area (Å²) < 4.78 is 12.3. The van der Waals surface area contributed by atoms with Crippen LogP contribution in [0.15, 0.2) is 42.5 Å². The molecule has 0 bridgehead atoms. The Morgan fingerprint density at radius 2 is 1.88 bits per heavy atom. The summed E-state index contributed by atoms with van der Waals surface area (Å²) in [5.74, 6) is -0.292. The van der Waals surface area contributed by atoms with E-state index in [4.69, 9.17) is 9.47 Å². The van der Waals surface area contributed by atoms with E-state index in [1.807, 2.05) is 36.4 Å². The van der Waals surface area contributed by atoms with Gasteiger partial charge in [0, 0.05) is 7.11 Å². The van der Waals surface area contributed by atoms with Gasteiger partial charge in [0.25, 0.3) is 0 Å². The normalized spacial score (nSPS) is 13.6. The molecule has 0 amide bonds. The van der Waals surface area contributed by atoms with Crippen LogP contribution in [0.1, 0.15) is 44.3 Å². The van der Waals surface area contributed by atoms with Gasteiger partial charge in [0.2, 0.25) is 0 Å². The van der Waals surface area contributed by atoms with Crippen molar-refractivity contribution in [2.24, 2.45) is 0 Å². The van der Waals surface area contributed by atoms with Gasteiger partial charge in [-0.3, -0.25) is 0 Å². The fourth-order valence-corrected chi connectivity index (χ4v) is 3.29. The van der Waals surface area contributed by atoms with Crippen molar-refractivity contribution in [1.82, 2.24) is 0 Å². The van der Waals surface area contributed by atoms with Gasteiger partial charge in [-0.05, 0) is 46.1 Å². The van der Waals surface area contributed by atoms with Crippen molar-refractivity contribution in [3.63, 3.8) is 0 Å². The highest BCUT2D eigenvalue weighted by molar-refractivity contribution is 14.1. The van der Waals surface area contributed by atoms with Gasteiger partial charge in [-0.1, -0.05) is 72.3 Å². The third-order valence-electron chi connectivity index (χ3n) is 4.08. The summed E-state index contributed by atoms with van der Waals surface area (Å²) in [6, 6.07) is 14.1. The molecule has 0 heterocycles. The molecule has 2 aromatic carbocycles. The number of halogens is 1. The van der Waals surface area contributed by atoms with E-state index in [0.717, 1.165) is 46.4 Å². The maximum Gasteiger partial charge on any atom is 0.340 e. The van der Waals surface area contributed by atoms with E-state index in [9.17, 15) is 4.79 Å². The number of hydrogen-bond acceptors (Lipinski definition) is 3. The lowest BCUT2D eigenvalue weighted by molar-refractivity contribution is -0.162. The van der Waals surface area contributed by atoms with Crippen LogP contribution in [-0.2, 0) is 14.3 Å². The Morgan fingerprint density at radius 3 is 2.54 bits per heavy atom. The fourth-order valence-electron chi connectivity index (χ4n) is 2.85. The van der Waals surface area contributed by atoms with Crippen molar-refractivity contribution in [1.29, 1.82) is 0 Å². The third kappa shape index (κ3) is 5.18. The van der Waals surface area contributed by atoms with Gasteiger partial charge in [0.15, 0.2) is 6.10 Å². The number of rotatable bonds is 9. The predicted octanol–water partition coefficient (Wildman–Crippen LogP) is 5.45. The summed E-state index contributed by atoms with van der Waals surface area (Å²) in [7, 11) is 1.56. The van der Waals surface area contributed by atoms with Crippen LogP contribution in [0.4, 0.5) is 0 Å². The van der Waals surface area contributed by atoms with Crippen molar-refractivity contribution < 1.29 is 14.3 Å². The van der Waals surface area contributed by atoms with E-state index < -0.39 is 6.10 Å². The molecule has 0 spiro atoms. The lowest BCUT2D eigenvalue weighted by Gasteiger charge is -2.21. The quantitative estimate of drug-likeness (QED) is 0.295. The smallest absolute Gasteiger partial charge is 0.340 e. The molecule has 2 rings (SSSR count). The molecule has 0 N–H and O–H groups in total. The number of esters is 1. The zero-order chi connectivity index (χ0) is 17.4. The molecule has 4 heteroatoms. The number of methoxy groups -OCH3 is 1. The van der Waals surface area contributed by atoms with Gasteiger partial charge < -0.3 is 9.47 Å². The number of carbonyl (C=O) groups is 1. The molecule has 0 fully saturated rings. The first-order valence-corrected chi connectivity index (χ1v) is 10.00. The maximum absolute atomic E-state index is 12.6. The van der Waals surface area contributed by atoms with E-state index in [2.05, 4.69) is 35.6 Å². The molecule has 24 heavy (non-hydrogen) atoms. The average molecular weight is 440 g/mol. The van der Waals surface area contributed by atoms with Gasteiger partial charge in [-0.15, -0.1) is 0 Å². The van der Waals surface area contributed by atoms with Crippen LogP contribution in [-0.4, -0.2) is 23.6 Å². The van der Waals surface area contributed by atoms with Crippen LogP contribution in [0.5, 0.6) is 0 Å². The van der Waals surface area contributed by atoms with Crippen LogP contribution >= 0.6 is 22.6 Å². The first kappa shape index (κ1) is 19.2. The summed E-state index contributed by atoms with van der Waals surface area (Å²) in [4.78, 5) is 12.6. The number of alkyl halides is 1. The molecule has 0 saturated carbocycles. The fraction of sp³-hybridized carbons (Fsp3) is 0.450. The molecule has 0 aliphatic rings. The Hall–Kier alpha value is -1.14.